The Hall–Kier alpha value is -2.62. The number of benzene rings is 2. The molecule has 0 bridgehead atoms. The normalized spacial score (nSPS) is 19.8. The molecule has 26 heavy (non-hydrogen) atoms. The van der Waals surface area contributed by atoms with Gasteiger partial charge in [0.25, 0.3) is 5.91 Å². The summed E-state index contributed by atoms with van der Waals surface area (Å²) in [5, 5.41) is 3.04. The van der Waals surface area contributed by atoms with E-state index in [0.29, 0.717) is 25.2 Å². The van der Waals surface area contributed by atoms with E-state index in [1.807, 2.05) is 73.3 Å². The molecule has 1 fully saturated rings. The summed E-state index contributed by atoms with van der Waals surface area (Å²) in [6, 6.07) is 17.5. The molecule has 0 spiro atoms. The summed E-state index contributed by atoms with van der Waals surface area (Å²) in [6.45, 7) is 5.62. The summed E-state index contributed by atoms with van der Waals surface area (Å²) in [5.74, 6) is 0.0265. The Morgan fingerprint density at radius 2 is 1.88 bits per heavy atom. The molecule has 2 amide bonds. The summed E-state index contributed by atoms with van der Waals surface area (Å²) in [4.78, 5) is 27.5. The van der Waals surface area contributed by atoms with Gasteiger partial charge in [-0.25, -0.2) is 0 Å². The van der Waals surface area contributed by atoms with E-state index in [-0.39, 0.29) is 11.8 Å². The van der Waals surface area contributed by atoms with Crippen molar-refractivity contribution >= 4 is 11.8 Å². The predicted octanol–water partition coefficient (Wildman–Crippen LogP) is 3.55. The molecule has 3 rings (SSSR count). The largest absolute Gasteiger partial charge is 0.351 e. The molecule has 0 saturated carbocycles. The summed E-state index contributed by atoms with van der Waals surface area (Å²) in [7, 11) is 0. The summed E-state index contributed by atoms with van der Waals surface area (Å²) in [5.41, 5.74) is 2.29. The third-order valence-electron chi connectivity index (χ3n) is 5.09. The van der Waals surface area contributed by atoms with Gasteiger partial charge in [0, 0.05) is 25.2 Å². The molecule has 1 saturated heterocycles. The summed E-state index contributed by atoms with van der Waals surface area (Å²) >= 11 is 0. The smallest absolute Gasteiger partial charge is 0.253 e. The molecule has 1 heterocycles. The van der Waals surface area contributed by atoms with Crippen molar-refractivity contribution in [2.75, 3.05) is 13.1 Å². The average Bonchev–Trinajstić information content (AvgIpc) is 2.66. The molecule has 2 aromatic rings. The van der Waals surface area contributed by atoms with Crippen LogP contribution >= 0.6 is 0 Å². The van der Waals surface area contributed by atoms with Crippen LogP contribution in [-0.2, 0) is 11.3 Å². The number of nitrogens with one attached hydrogen (secondary N) is 1. The van der Waals surface area contributed by atoms with Gasteiger partial charge in [0.05, 0.1) is 5.41 Å². The molecule has 0 unspecified atom stereocenters. The van der Waals surface area contributed by atoms with Crippen LogP contribution in [0.5, 0.6) is 0 Å². The topological polar surface area (TPSA) is 49.4 Å². The Morgan fingerprint density at radius 3 is 2.62 bits per heavy atom. The van der Waals surface area contributed by atoms with Crippen LogP contribution in [0.1, 0.15) is 41.3 Å². The van der Waals surface area contributed by atoms with Crippen molar-refractivity contribution in [3.05, 3.63) is 71.3 Å². The minimum absolute atomic E-state index is 0.00971. The van der Waals surface area contributed by atoms with E-state index < -0.39 is 5.41 Å². The summed E-state index contributed by atoms with van der Waals surface area (Å²) < 4.78 is 0. The third-order valence-corrected chi connectivity index (χ3v) is 5.09. The van der Waals surface area contributed by atoms with Gasteiger partial charge in [-0.3, -0.25) is 9.59 Å². The van der Waals surface area contributed by atoms with Crippen molar-refractivity contribution < 1.29 is 9.59 Å². The fourth-order valence-corrected chi connectivity index (χ4v) is 3.55. The first kappa shape index (κ1) is 18.2. The van der Waals surface area contributed by atoms with Gasteiger partial charge in [0.1, 0.15) is 0 Å². The average molecular weight is 350 g/mol. The van der Waals surface area contributed by atoms with E-state index >= 15 is 0 Å². The number of aryl methyl sites for hydroxylation is 1. The number of hydrogen-bond donors (Lipinski definition) is 1. The third kappa shape index (κ3) is 4.13. The van der Waals surface area contributed by atoms with Gasteiger partial charge >= 0.3 is 0 Å². The lowest BCUT2D eigenvalue weighted by Crippen LogP contribution is -2.51. The standard InChI is InChI=1S/C22H26N2O2/c1-17-8-6-11-19(14-17)20(25)24-13-7-12-22(2,16-24)21(26)23-15-18-9-4-3-5-10-18/h3-6,8-11,14H,7,12-13,15-16H2,1-2H3,(H,23,26)/t22-/m0/s1. The number of piperidine rings is 1. The molecule has 4 nitrogen and oxygen atoms in total. The van der Waals surface area contributed by atoms with Gasteiger partial charge < -0.3 is 10.2 Å². The highest BCUT2D eigenvalue weighted by molar-refractivity contribution is 5.95. The Morgan fingerprint density at radius 1 is 1.12 bits per heavy atom. The molecule has 1 aliphatic heterocycles. The van der Waals surface area contributed by atoms with E-state index in [9.17, 15) is 9.59 Å². The molecule has 1 N–H and O–H groups in total. The van der Waals surface area contributed by atoms with Crippen molar-refractivity contribution in [1.82, 2.24) is 10.2 Å². The van der Waals surface area contributed by atoms with Gasteiger partial charge in [-0.05, 0) is 44.4 Å². The van der Waals surface area contributed by atoms with E-state index in [2.05, 4.69) is 5.32 Å². The highest BCUT2D eigenvalue weighted by Gasteiger charge is 2.39. The lowest BCUT2D eigenvalue weighted by Gasteiger charge is -2.39. The van der Waals surface area contributed by atoms with E-state index in [4.69, 9.17) is 0 Å². The van der Waals surface area contributed by atoms with Crippen LogP contribution < -0.4 is 5.32 Å². The zero-order valence-corrected chi connectivity index (χ0v) is 15.5. The molecule has 1 aliphatic rings. The second-order valence-electron chi connectivity index (χ2n) is 7.43. The molecule has 4 heteroatoms. The first-order chi connectivity index (χ1) is 12.5. The maximum absolute atomic E-state index is 12.8. The van der Waals surface area contributed by atoms with Crippen LogP contribution in [0.3, 0.4) is 0 Å². The number of nitrogens with zero attached hydrogens (tertiary/aromatic N) is 1. The van der Waals surface area contributed by atoms with E-state index in [1.165, 1.54) is 0 Å². The van der Waals surface area contributed by atoms with E-state index in [0.717, 1.165) is 24.0 Å². The highest BCUT2D eigenvalue weighted by Crippen LogP contribution is 2.30. The van der Waals surface area contributed by atoms with Gasteiger partial charge in [-0.1, -0.05) is 48.0 Å². The minimum atomic E-state index is -0.549. The molecule has 0 aliphatic carbocycles. The van der Waals surface area contributed by atoms with Gasteiger partial charge in [0.15, 0.2) is 0 Å². The van der Waals surface area contributed by atoms with Gasteiger partial charge in [-0.2, -0.15) is 0 Å². The highest BCUT2D eigenvalue weighted by atomic mass is 16.2. The Balaban J connectivity index is 1.66. The molecular weight excluding hydrogens is 324 g/mol. The Kier molecular flexibility index (Phi) is 5.40. The summed E-state index contributed by atoms with van der Waals surface area (Å²) in [6.07, 6.45) is 1.64. The van der Waals surface area contributed by atoms with Crippen LogP contribution in [-0.4, -0.2) is 29.8 Å². The maximum atomic E-state index is 12.8. The van der Waals surface area contributed by atoms with Crippen LogP contribution in [0.25, 0.3) is 0 Å². The molecular formula is C22H26N2O2. The van der Waals surface area contributed by atoms with Crippen molar-refractivity contribution in [2.45, 2.75) is 33.2 Å². The first-order valence-electron chi connectivity index (χ1n) is 9.16. The second kappa shape index (κ2) is 7.73. The van der Waals surface area contributed by atoms with Crippen molar-refractivity contribution in [3.8, 4) is 0 Å². The van der Waals surface area contributed by atoms with Gasteiger partial charge in [-0.15, -0.1) is 0 Å². The molecule has 1 atom stereocenters. The van der Waals surface area contributed by atoms with Crippen LogP contribution in [0.2, 0.25) is 0 Å². The predicted molar refractivity (Wildman–Crippen MR) is 103 cm³/mol. The maximum Gasteiger partial charge on any atom is 0.253 e. The monoisotopic (exact) mass is 350 g/mol. The fraction of sp³-hybridized carbons (Fsp3) is 0.364. The first-order valence-corrected chi connectivity index (χ1v) is 9.16. The van der Waals surface area contributed by atoms with Crippen LogP contribution in [0.15, 0.2) is 54.6 Å². The number of likely N-dealkylation sites (tertiary alicyclic amines) is 1. The SMILES string of the molecule is Cc1cccc(C(=O)N2CCC[C@](C)(C(=O)NCc3ccccc3)C2)c1. The van der Waals surface area contributed by atoms with Crippen LogP contribution in [0, 0.1) is 12.3 Å². The van der Waals surface area contributed by atoms with E-state index in [1.54, 1.807) is 0 Å². The lowest BCUT2D eigenvalue weighted by molar-refractivity contribution is -0.132. The molecule has 0 radical (unpaired) electrons. The van der Waals surface area contributed by atoms with Crippen molar-refractivity contribution in [3.63, 3.8) is 0 Å². The van der Waals surface area contributed by atoms with Gasteiger partial charge in [0.2, 0.25) is 5.91 Å². The number of amides is 2. The number of carbonyl (C=O) groups is 2. The Bertz CT molecular complexity index is 788. The molecule has 136 valence electrons. The zero-order valence-electron chi connectivity index (χ0n) is 15.5. The van der Waals surface area contributed by atoms with Crippen molar-refractivity contribution in [2.24, 2.45) is 5.41 Å². The van der Waals surface area contributed by atoms with Crippen molar-refractivity contribution in [1.29, 1.82) is 0 Å². The number of rotatable bonds is 4. The Labute approximate surface area is 155 Å². The molecule has 0 aromatic heterocycles. The minimum Gasteiger partial charge on any atom is -0.351 e. The zero-order chi connectivity index (χ0) is 18.6. The van der Waals surface area contributed by atoms with Crippen LogP contribution in [0.4, 0.5) is 0 Å². The quantitative estimate of drug-likeness (QED) is 0.917. The lowest BCUT2D eigenvalue weighted by atomic mass is 9.80. The fourth-order valence-electron chi connectivity index (χ4n) is 3.55. The molecule has 2 aromatic carbocycles. The number of carbonyl (C=O) groups excluding carboxylic acids is 2. The second-order valence-corrected chi connectivity index (χ2v) is 7.43. The number of hydrogen-bond acceptors (Lipinski definition) is 2.